The Morgan fingerprint density at radius 1 is 0.965 bits per heavy atom. The molecule has 3 heterocycles. The normalized spacial score (nSPS) is 14.0. The first-order valence-corrected chi connectivity index (χ1v) is 20.2. The van der Waals surface area contributed by atoms with Gasteiger partial charge in [-0.2, -0.15) is 15.4 Å². The van der Waals surface area contributed by atoms with Crippen molar-refractivity contribution >= 4 is 61.2 Å². The number of benzene rings is 3. The highest BCUT2D eigenvalue weighted by Gasteiger charge is 2.28. The standard InChI is InChI=1S/C40H43ClN10O5S/c1-40(2)13-11-27(34(20-40)25-3-5-28(41)6-4-25)21-42-15-16-43-29-7-9-33(37(18-29)56-31-17-26-12-14-44-38(26)46-24-31)39(52)50-57(54,55)32-8-10-35(36(19-32)49-53)45-22-30-23-47-51-48-30/h3-10,12,14,17-19,23-24,42-43,45,49,53H,11,13,15-16,20-22H2,1-2H3,(H,44,46)(H,50,52)(H,47,48,51). The molecule has 3 aromatic carbocycles. The fraction of sp³-hybridized carbons (Fsp3) is 0.250. The molecule has 0 saturated heterocycles. The summed E-state index contributed by atoms with van der Waals surface area (Å²) in [6, 6.07) is 20.5. The maximum absolute atomic E-state index is 13.7. The maximum Gasteiger partial charge on any atom is 0.268 e. The molecule has 0 fully saturated rings. The Balaban J connectivity index is 1.05. The molecule has 0 unspecified atom stereocenters. The van der Waals surface area contributed by atoms with Gasteiger partial charge in [-0.25, -0.2) is 18.1 Å². The second kappa shape index (κ2) is 17.1. The van der Waals surface area contributed by atoms with Crippen LogP contribution in [-0.4, -0.2) is 64.5 Å². The minimum atomic E-state index is -4.41. The highest BCUT2D eigenvalue weighted by molar-refractivity contribution is 7.90. The van der Waals surface area contributed by atoms with Crippen LogP contribution in [0.25, 0.3) is 16.6 Å². The zero-order chi connectivity index (χ0) is 40.0. The zero-order valence-corrected chi connectivity index (χ0v) is 32.9. The number of ether oxygens (including phenoxy) is 1. The lowest BCUT2D eigenvalue weighted by molar-refractivity contribution is 0.0979. The van der Waals surface area contributed by atoms with E-state index in [-0.39, 0.29) is 33.9 Å². The summed E-state index contributed by atoms with van der Waals surface area (Å²) in [6.07, 6.45) is 7.92. The van der Waals surface area contributed by atoms with Gasteiger partial charge in [0.25, 0.3) is 15.9 Å². The molecule has 0 radical (unpaired) electrons. The number of carbonyl (C=O) groups excluding carboxylic acids is 1. The van der Waals surface area contributed by atoms with Crippen LogP contribution >= 0.6 is 11.6 Å². The molecule has 3 aromatic heterocycles. The van der Waals surface area contributed by atoms with Gasteiger partial charge in [0.2, 0.25) is 0 Å². The highest BCUT2D eigenvalue weighted by Crippen LogP contribution is 2.43. The Labute approximate surface area is 334 Å². The molecule has 15 nitrogen and oxygen atoms in total. The molecule has 8 N–H and O–H groups in total. The molecule has 296 valence electrons. The second-order valence-electron chi connectivity index (χ2n) is 14.5. The van der Waals surface area contributed by atoms with Crippen molar-refractivity contribution in [3.8, 4) is 11.5 Å². The summed E-state index contributed by atoms with van der Waals surface area (Å²) >= 11 is 6.18. The van der Waals surface area contributed by atoms with Gasteiger partial charge in [0, 0.05) is 48.0 Å². The van der Waals surface area contributed by atoms with Gasteiger partial charge in [0.05, 0.1) is 40.8 Å². The molecule has 0 bridgehead atoms. The summed E-state index contributed by atoms with van der Waals surface area (Å²) in [4.78, 5) is 20.8. The number of carbonyl (C=O) groups is 1. The van der Waals surface area contributed by atoms with E-state index >= 15 is 0 Å². The number of allylic oxidation sites excluding steroid dienone is 1. The lowest BCUT2D eigenvalue weighted by Crippen LogP contribution is -2.31. The van der Waals surface area contributed by atoms with Crippen LogP contribution in [0.5, 0.6) is 11.5 Å². The first kappa shape index (κ1) is 39.3. The van der Waals surface area contributed by atoms with Crippen molar-refractivity contribution in [1.29, 1.82) is 0 Å². The van der Waals surface area contributed by atoms with Gasteiger partial charge in [-0.15, -0.1) is 0 Å². The van der Waals surface area contributed by atoms with Crippen LogP contribution in [0.15, 0.2) is 102 Å². The SMILES string of the molecule is CC1(C)CCC(CNCCNc2ccc(C(=O)NS(=O)(=O)c3ccc(NCc4cn[nH]n4)c(NO)c3)c(Oc3cnc4[nH]ccc4c3)c2)=C(c2ccc(Cl)cc2)C1. The Morgan fingerprint density at radius 2 is 1.81 bits per heavy atom. The molecule has 1 aliphatic rings. The smallest absolute Gasteiger partial charge is 0.268 e. The van der Waals surface area contributed by atoms with E-state index in [1.165, 1.54) is 53.4 Å². The second-order valence-corrected chi connectivity index (χ2v) is 16.6. The van der Waals surface area contributed by atoms with Gasteiger partial charge in [0.15, 0.2) is 0 Å². The quantitative estimate of drug-likeness (QED) is 0.0357. The molecule has 17 heteroatoms. The lowest BCUT2D eigenvalue weighted by Gasteiger charge is -2.34. The molecule has 0 atom stereocenters. The van der Waals surface area contributed by atoms with E-state index in [2.05, 4.69) is 72.0 Å². The van der Waals surface area contributed by atoms with E-state index < -0.39 is 15.9 Å². The van der Waals surface area contributed by atoms with Gasteiger partial charge in [-0.1, -0.05) is 43.2 Å². The number of H-pyrrole nitrogens is 2. The van der Waals surface area contributed by atoms with Crippen LogP contribution in [0.3, 0.4) is 0 Å². The van der Waals surface area contributed by atoms with Gasteiger partial charge in [0.1, 0.15) is 22.8 Å². The first-order chi connectivity index (χ1) is 27.5. The number of fused-ring (bicyclic) bond motifs is 1. The fourth-order valence-electron chi connectivity index (χ4n) is 6.70. The summed E-state index contributed by atoms with van der Waals surface area (Å²) in [5.41, 5.74) is 8.55. The first-order valence-electron chi connectivity index (χ1n) is 18.3. The number of hydrogen-bond donors (Lipinski definition) is 8. The molecule has 57 heavy (non-hydrogen) atoms. The summed E-state index contributed by atoms with van der Waals surface area (Å²) in [5.74, 6) is -0.447. The molecule has 0 spiro atoms. The molecule has 1 amide bonds. The van der Waals surface area contributed by atoms with Crippen LogP contribution in [0.2, 0.25) is 5.02 Å². The molecule has 6 aromatic rings. The predicted octanol–water partition coefficient (Wildman–Crippen LogP) is 7.32. The van der Waals surface area contributed by atoms with Crippen molar-refractivity contribution in [3.63, 3.8) is 0 Å². The number of hydrogen-bond acceptors (Lipinski definition) is 12. The van der Waals surface area contributed by atoms with Crippen LogP contribution in [0.1, 0.15) is 54.7 Å². The van der Waals surface area contributed by atoms with Crippen molar-refractivity contribution in [1.82, 2.24) is 35.4 Å². The van der Waals surface area contributed by atoms with Gasteiger partial charge >= 0.3 is 0 Å². The van der Waals surface area contributed by atoms with Crippen molar-refractivity contribution in [2.45, 2.75) is 44.6 Å². The number of nitrogens with one attached hydrogen (secondary N) is 7. The van der Waals surface area contributed by atoms with Crippen molar-refractivity contribution in [3.05, 3.63) is 119 Å². The topological polar surface area (TPSA) is 211 Å². The van der Waals surface area contributed by atoms with E-state index in [1.54, 1.807) is 24.4 Å². The Bertz CT molecular complexity index is 2500. The predicted molar refractivity (Wildman–Crippen MR) is 220 cm³/mol. The third-order valence-electron chi connectivity index (χ3n) is 9.75. The fourth-order valence-corrected chi connectivity index (χ4v) is 7.81. The number of nitrogens with zero attached hydrogens (tertiary/aromatic N) is 3. The number of rotatable bonds is 16. The van der Waals surface area contributed by atoms with Crippen LogP contribution < -0.4 is 30.9 Å². The van der Waals surface area contributed by atoms with Crippen LogP contribution in [0, 0.1) is 5.41 Å². The van der Waals surface area contributed by atoms with Crippen LogP contribution in [0.4, 0.5) is 17.1 Å². The largest absolute Gasteiger partial charge is 0.455 e. The monoisotopic (exact) mass is 810 g/mol. The van der Waals surface area contributed by atoms with Gasteiger partial charge in [-0.05, 0) is 90.4 Å². The average molecular weight is 811 g/mol. The van der Waals surface area contributed by atoms with E-state index in [0.717, 1.165) is 36.2 Å². The third-order valence-corrected chi connectivity index (χ3v) is 11.3. The Morgan fingerprint density at radius 3 is 2.60 bits per heavy atom. The highest BCUT2D eigenvalue weighted by atomic mass is 35.5. The van der Waals surface area contributed by atoms with Gasteiger partial charge < -0.3 is 25.7 Å². The molecule has 7 rings (SSSR count). The number of anilines is 3. The van der Waals surface area contributed by atoms with Crippen molar-refractivity contribution in [2.75, 3.05) is 35.7 Å². The Kier molecular flexibility index (Phi) is 11.8. The minimum Gasteiger partial charge on any atom is -0.455 e. The molecule has 1 aliphatic carbocycles. The molecular formula is C40H43ClN10O5S. The lowest BCUT2D eigenvalue weighted by atomic mass is 9.72. The molecule has 0 saturated carbocycles. The van der Waals surface area contributed by atoms with Crippen molar-refractivity contribution < 1.29 is 23.2 Å². The van der Waals surface area contributed by atoms with Crippen LogP contribution in [-0.2, 0) is 16.6 Å². The maximum atomic E-state index is 13.7. The molecular weight excluding hydrogens is 768 g/mol. The number of aromatic amines is 2. The van der Waals surface area contributed by atoms with Crippen molar-refractivity contribution in [2.24, 2.45) is 5.41 Å². The number of halogens is 1. The Hall–Kier alpha value is -5.94. The number of sulfonamides is 1. The van der Waals surface area contributed by atoms with E-state index in [1.807, 2.05) is 23.7 Å². The van der Waals surface area contributed by atoms with Gasteiger partial charge in [-0.3, -0.25) is 15.5 Å². The minimum absolute atomic E-state index is 0.0234. The summed E-state index contributed by atoms with van der Waals surface area (Å²) < 4.78 is 35.3. The van der Waals surface area contributed by atoms with E-state index in [4.69, 9.17) is 16.3 Å². The summed E-state index contributed by atoms with van der Waals surface area (Å²) in [6.45, 7) is 6.85. The average Bonchev–Trinajstić information content (AvgIpc) is 3.90. The summed E-state index contributed by atoms with van der Waals surface area (Å²) in [5, 5.41) is 31.5. The third kappa shape index (κ3) is 9.72. The number of aromatic nitrogens is 5. The zero-order valence-electron chi connectivity index (χ0n) is 31.3. The number of amides is 1. The van der Waals surface area contributed by atoms with E-state index in [9.17, 15) is 18.4 Å². The number of pyridine rings is 1. The van der Waals surface area contributed by atoms with E-state index in [0.29, 0.717) is 41.6 Å². The summed E-state index contributed by atoms with van der Waals surface area (Å²) in [7, 11) is -4.41. The molecule has 0 aliphatic heterocycles.